The maximum absolute atomic E-state index is 4.38. The van der Waals surface area contributed by atoms with E-state index < -0.39 is 0 Å². The van der Waals surface area contributed by atoms with Crippen LogP contribution in [0.5, 0.6) is 0 Å². The lowest BCUT2D eigenvalue weighted by molar-refractivity contribution is 0.167. The lowest BCUT2D eigenvalue weighted by Gasteiger charge is -2.35. The SMILES string of the molecule is CCN(CCNC(=NC)NC1CCN(C(C)C)CC1)C1CC1. The molecular weight excluding hydrogens is 274 g/mol. The van der Waals surface area contributed by atoms with Gasteiger partial charge in [0.05, 0.1) is 0 Å². The summed E-state index contributed by atoms with van der Waals surface area (Å²) in [6.45, 7) is 12.5. The zero-order chi connectivity index (χ0) is 15.9. The number of rotatable bonds is 7. The highest BCUT2D eigenvalue weighted by Crippen LogP contribution is 2.25. The minimum Gasteiger partial charge on any atom is -0.355 e. The van der Waals surface area contributed by atoms with Gasteiger partial charge in [-0.15, -0.1) is 0 Å². The Morgan fingerprint density at radius 3 is 2.41 bits per heavy atom. The molecule has 0 aromatic heterocycles. The summed E-state index contributed by atoms with van der Waals surface area (Å²) in [5, 5.41) is 7.08. The quantitative estimate of drug-likeness (QED) is 0.553. The smallest absolute Gasteiger partial charge is 0.191 e. The molecule has 0 radical (unpaired) electrons. The normalized spacial score (nSPS) is 21.6. The van der Waals surface area contributed by atoms with Gasteiger partial charge in [0.2, 0.25) is 0 Å². The van der Waals surface area contributed by atoms with E-state index in [9.17, 15) is 0 Å². The van der Waals surface area contributed by atoms with Crippen LogP contribution in [0.3, 0.4) is 0 Å². The van der Waals surface area contributed by atoms with Gasteiger partial charge in [-0.3, -0.25) is 9.89 Å². The van der Waals surface area contributed by atoms with Gasteiger partial charge in [-0.2, -0.15) is 0 Å². The summed E-state index contributed by atoms with van der Waals surface area (Å²) in [6, 6.07) is 2.08. The highest BCUT2D eigenvalue weighted by Gasteiger charge is 2.27. The van der Waals surface area contributed by atoms with Crippen molar-refractivity contribution in [2.75, 3.05) is 39.8 Å². The van der Waals surface area contributed by atoms with E-state index in [4.69, 9.17) is 0 Å². The average Bonchev–Trinajstić information content (AvgIpc) is 3.35. The molecule has 0 atom stereocenters. The summed E-state index contributed by atoms with van der Waals surface area (Å²) in [6.07, 6.45) is 5.19. The maximum atomic E-state index is 4.38. The molecule has 2 aliphatic rings. The summed E-state index contributed by atoms with van der Waals surface area (Å²) in [5.74, 6) is 0.967. The number of piperidine rings is 1. The first-order valence-electron chi connectivity index (χ1n) is 9.09. The molecule has 1 aliphatic heterocycles. The zero-order valence-electron chi connectivity index (χ0n) is 14.9. The molecule has 5 nitrogen and oxygen atoms in total. The first-order chi connectivity index (χ1) is 10.6. The number of hydrogen-bond donors (Lipinski definition) is 2. The Kier molecular flexibility index (Phi) is 6.96. The minimum atomic E-state index is 0.562. The third-order valence-corrected chi connectivity index (χ3v) is 4.99. The number of guanidine groups is 1. The number of nitrogens with zero attached hydrogens (tertiary/aromatic N) is 3. The van der Waals surface area contributed by atoms with E-state index in [1.807, 2.05) is 7.05 Å². The molecule has 1 saturated carbocycles. The average molecular weight is 310 g/mol. The number of nitrogens with one attached hydrogen (secondary N) is 2. The topological polar surface area (TPSA) is 42.9 Å². The van der Waals surface area contributed by atoms with Gasteiger partial charge in [-0.25, -0.2) is 0 Å². The van der Waals surface area contributed by atoms with Gasteiger partial charge < -0.3 is 15.5 Å². The highest BCUT2D eigenvalue weighted by atomic mass is 15.2. The van der Waals surface area contributed by atoms with Crippen molar-refractivity contribution >= 4 is 5.96 Å². The van der Waals surface area contributed by atoms with Gasteiger partial charge in [0.15, 0.2) is 5.96 Å². The molecule has 0 unspecified atom stereocenters. The number of aliphatic imine (C=N–C) groups is 1. The third kappa shape index (κ3) is 5.43. The van der Waals surface area contributed by atoms with Crippen molar-refractivity contribution in [1.29, 1.82) is 0 Å². The van der Waals surface area contributed by atoms with E-state index in [0.29, 0.717) is 12.1 Å². The molecule has 128 valence electrons. The van der Waals surface area contributed by atoms with Gasteiger partial charge >= 0.3 is 0 Å². The molecule has 2 rings (SSSR count). The Labute approximate surface area is 136 Å². The predicted molar refractivity (Wildman–Crippen MR) is 94.5 cm³/mol. The van der Waals surface area contributed by atoms with Gasteiger partial charge in [-0.1, -0.05) is 6.92 Å². The molecule has 1 heterocycles. The second-order valence-electron chi connectivity index (χ2n) is 6.91. The fourth-order valence-corrected chi connectivity index (χ4v) is 3.30. The van der Waals surface area contributed by atoms with Crippen LogP contribution >= 0.6 is 0 Å². The molecular formula is C17H35N5. The molecule has 0 amide bonds. The van der Waals surface area contributed by atoms with Crippen molar-refractivity contribution in [2.45, 2.75) is 64.6 Å². The van der Waals surface area contributed by atoms with Gasteiger partial charge in [0.25, 0.3) is 0 Å². The van der Waals surface area contributed by atoms with E-state index in [1.165, 1.54) is 38.8 Å². The lowest BCUT2D eigenvalue weighted by atomic mass is 10.0. The Balaban J connectivity index is 1.65. The van der Waals surface area contributed by atoms with E-state index in [0.717, 1.165) is 31.6 Å². The summed E-state index contributed by atoms with van der Waals surface area (Å²) in [7, 11) is 1.87. The molecule has 1 saturated heterocycles. The number of hydrogen-bond acceptors (Lipinski definition) is 3. The van der Waals surface area contributed by atoms with Crippen molar-refractivity contribution < 1.29 is 0 Å². The second-order valence-corrected chi connectivity index (χ2v) is 6.91. The molecule has 0 bridgehead atoms. The Morgan fingerprint density at radius 1 is 1.23 bits per heavy atom. The summed E-state index contributed by atoms with van der Waals surface area (Å²) in [4.78, 5) is 9.51. The number of likely N-dealkylation sites (N-methyl/N-ethyl adjacent to an activating group) is 1. The Morgan fingerprint density at radius 2 is 1.91 bits per heavy atom. The summed E-state index contributed by atoms with van der Waals surface area (Å²) >= 11 is 0. The van der Waals surface area contributed by atoms with E-state index in [-0.39, 0.29) is 0 Å². The van der Waals surface area contributed by atoms with Crippen molar-refractivity contribution in [1.82, 2.24) is 20.4 Å². The maximum Gasteiger partial charge on any atom is 0.191 e. The fraction of sp³-hybridized carbons (Fsp3) is 0.941. The van der Waals surface area contributed by atoms with Gasteiger partial charge in [0, 0.05) is 51.4 Å². The van der Waals surface area contributed by atoms with Crippen LogP contribution in [-0.4, -0.2) is 73.7 Å². The standard InChI is InChI=1S/C17H35N5/c1-5-21(16-6-7-16)13-10-19-17(18-4)20-15-8-11-22(12-9-15)14(2)3/h14-16H,5-13H2,1-4H3,(H2,18,19,20). The molecule has 5 heteroatoms. The molecule has 0 aromatic carbocycles. The van der Waals surface area contributed by atoms with E-state index in [2.05, 4.69) is 46.2 Å². The minimum absolute atomic E-state index is 0.562. The van der Waals surface area contributed by atoms with Crippen LogP contribution in [0, 0.1) is 0 Å². The summed E-state index contributed by atoms with van der Waals surface area (Å²) < 4.78 is 0. The second kappa shape index (κ2) is 8.73. The first-order valence-corrected chi connectivity index (χ1v) is 9.09. The molecule has 1 aliphatic carbocycles. The van der Waals surface area contributed by atoms with Crippen molar-refractivity contribution in [3.05, 3.63) is 0 Å². The first kappa shape index (κ1) is 17.5. The van der Waals surface area contributed by atoms with Crippen LogP contribution in [0.4, 0.5) is 0 Å². The zero-order valence-corrected chi connectivity index (χ0v) is 14.9. The van der Waals surface area contributed by atoms with E-state index in [1.54, 1.807) is 0 Å². The van der Waals surface area contributed by atoms with Crippen LogP contribution in [-0.2, 0) is 0 Å². The van der Waals surface area contributed by atoms with Crippen LogP contribution in [0.2, 0.25) is 0 Å². The monoisotopic (exact) mass is 309 g/mol. The fourth-order valence-electron chi connectivity index (χ4n) is 3.30. The lowest BCUT2D eigenvalue weighted by Crippen LogP contribution is -2.50. The largest absolute Gasteiger partial charge is 0.355 e. The molecule has 2 N–H and O–H groups in total. The summed E-state index contributed by atoms with van der Waals surface area (Å²) in [5.41, 5.74) is 0. The predicted octanol–water partition coefficient (Wildman–Crippen LogP) is 1.51. The molecule has 0 aromatic rings. The van der Waals surface area contributed by atoms with Crippen LogP contribution in [0.25, 0.3) is 0 Å². The molecule has 2 fully saturated rings. The van der Waals surface area contributed by atoms with Gasteiger partial charge in [-0.05, 0) is 46.1 Å². The third-order valence-electron chi connectivity index (χ3n) is 4.99. The van der Waals surface area contributed by atoms with Gasteiger partial charge in [0.1, 0.15) is 0 Å². The number of likely N-dealkylation sites (tertiary alicyclic amines) is 1. The van der Waals surface area contributed by atoms with Crippen LogP contribution < -0.4 is 10.6 Å². The van der Waals surface area contributed by atoms with Crippen molar-refractivity contribution in [3.63, 3.8) is 0 Å². The highest BCUT2D eigenvalue weighted by molar-refractivity contribution is 5.79. The molecule has 0 spiro atoms. The molecule has 22 heavy (non-hydrogen) atoms. The van der Waals surface area contributed by atoms with Crippen molar-refractivity contribution in [2.24, 2.45) is 4.99 Å². The Hall–Kier alpha value is -0.810. The van der Waals surface area contributed by atoms with Crippen LogP contribution in [0.15, 0.2) is 4.99 Å². The van der Waals surface area contributed by atoms with Crippen LogP contribution in [0.1, 0.15) is 46.5 Å². The van der Waals surface area contributed by atoms with Crippen molar-refractivity contribution in [3.8, 4) is 0 Å². The van der Waals surface area contributed by atoms with E-state index >= 15 is 0 Å². The Bertz CT molecular complexity index is 343.